The van der Waals surface area contributed by atoms with E-state index in [9.17, 15) is 18.2 Å². The molecule has 0 aliphatic rings. The summed E-state index contributed by atoms with van der Waals surface area (Å²) in [5.74, 6) is -1.97. The molecule has 6 nitrogen and oxygen atoms in total. The van der Waals surface area contributed by atoms with Crippen LogP contribution >= 0.6 is 7.37 Å². The molecule has 1 N–H and O–H groups in total. The van der Waals surface area contributed by atoms with Gasteiger partial charge in [0.05, 0.1) is 5.69 Å². The van der Waals surface area contributed by atoms with Crippen LogP contribution in [0.25, 0.3) is 11.3 Å². The predicted molar refractivity (Wildman–Crippen MR) is 116 cm³/mol. The Bertz CT molecular complexity index is 1340. The smallest absolute Gasteiger partial charge is 0.276 e. The van der Waals surface area contributed by atoms with Crippen molar-refractivity contribution in [1.29, 1.82) is 0 Å². The van der Waals surface area contributed by atoms with Crippen LogP contribution < -0.4 is 10.7 Å². The number of halogens is 2. The molecule has 4 aromatic rings. The van der Waals surface area contributed by atoms with Gasteiger partial charge in [-0.1, -0.05) is 29.8 Å². The molecule has 0 radical (unpaired) electrons. The number of pyridine rings is 4. The largest absolute Gasteiger partial charge is 0.337 e. The van der Waals surface area contributed by atoms with Crippen molar-refractivity contribution >= 4 is 18.1 Å². The fourth-order valence-electron chi connectivity index (χ4n) is 3.22. The molecule has 0 aromatic carbocycles. The molecule has 0 bridgehead atoms. The van der Waals surface area contributed by atoms with Crippen molar-refractivity contribution in [3.63, 3.8) is 0 Å². The average Bonchev–Trinajstić information content (AvgIpc) is 2.80. The Morgan fingerprint density at radius 3 is 2.24 bits per heavy atom. The van der Waals surface area contributed by atoms with E-state index in [1.807, 2.05) is 13.8 Å². The molecule has 0 aliphatic heterocycles. The van der Waals surface area contributed by atoms with Crippen LogP contribution in [0.5, 0.6) is 0 Å². The summed E-state index contributed by atoms with van der Waals surface area (Å²) < 4.78 is 40.4. The van der Waals surface area contributed by atoms with Crippen LogP contribution in [0.2, 0.25) is 0 Å². The van der Waals surface area contributed by atoms with Gasteiger partial charge in [-0.15, -0.1) is 6.07 Å². The standard InChI is InChI=1S/C23H18F2N4O2P.Pt/c1-23(2,18-6-3-5-17(27-18)16-9-10-20(24)29-22(16)25)19-7-4-8-21(28-19)32(30,31)15-11-13-26-14-12-15;/h3-8,10-14H,1-2H3,(H,30,31);/q-1;. The second-order valence-electron chi connectivity index (χ2n) is 7.58. The van der Waals surface area contributed by atoms with Crippen LogP contribution in [0.1, 0.15) is 25.2 Å². The van der Waals surface area contributed by atoms with Crippen molar-refractivity contribution in [1.82, 2.24) is 19.9 Å². The van der Waals surface area contributed by atoms with Crippen LogP contribution in [-0.4, -0.2) is 24.8 Å². The normalized spacial score (nSPS) is 13.1. The van der Waals surface area contributed by atoms with Gasteiger partial charge < -0.3 is 9.88 Å². The van der Waals surface area contributed by atoms with E-state index >= 15 is 0 Å². The van der Waals surface area contributed by atoms with Crippen molar-refractivity contribution in [3.05, 3.63) is 96.3 Å². The van der Waals surface area contributed by atoms with Crippen molar-refractivity contribution in [2.45, 2.75) is 19.3 Å². The fraction of sp³-hybridized carbons (Fsp3) is 0.130. The van der Waals surface area contributed by atoms with E-state index in [-0.39, 0.29) is 43.1 Å². The topological polar surface area (TPSA) is 88.9 Å². The molecule has 172 valence electrons. The molecular weight excluding hydrogens is 628 g/mol. The van der Waals surface area contributed by atoms with Crippen molar-refractivity contribution < 1.29 is 39.3 Å². The predicted octanol–water partition coefficient (Wildman–Crippen LogP) is 3.56. The Morgan fingerprint density at radius 1 is 0.939 bits per heavy atom. The summed E-state index contributed by atoms with van der Waals surface area (Å²) in [6.07, 6.45) is 2.89. The number of hydrogen-bond donors (Lipinski definition) is 1. The summed E-state index contributed by atoms with van der Waals surface area (Å²) in [7, 11) is -3.92. The molecule has 0 amide bonds. The first-order valence-corrected chi connectivity index (χ1v) is 11.3. The van der Waals surface area contributed by atoms with Gasteiger partial charge in [0.1, 0.15) is 17.3 Å². The molecule has 4 heterocycles. The summed E-state index contributed by atoms with van der Waals surface area (Å²) in [6.45, 7) is 3.70. The summed E-state index contributed by atoms with van der Waals surface area (Å²) in [5.41, 5.74) is 0.462. The van der Waals surface area contributed by atoms with Gasteiger partial charge in [0, 0.05) is 49.9 Å². The zero-order chi connectivity index (χ0) is 22.9. The number of rotatable bonds is 5. The third-order valence-corrected chi connectivity index (χ3v) is 6.96. The van der Waals surface area contributed by atoms with E-state index in [2.05, 4.69) is 26.0 Å². The second-order valence-corrected chi connectivity index (χ2v) is 9.71. The van der Waals surface area contributed by atoms with Crippen LogP contribution in [0.15, 0.2) is 67.0 Å². The third kappa shape index (κ3) is 4.98. The molecule has 0 saturated heterocycles. The Morgan fingerprint density at radius 2 is 1.58 bits per heavy atom. The Hall–Kier alpha value is -2.66. The maximum atomic E-state index is 14.1. The van der Waals surface area contributed by atoms with Gasteiger partial charge >= 0.3 is 0 Å². The molecule has 1 atom stereocenters. The van der Waals surface area contributed by atoms with E-state index < -0.39 is 24.7 Å². The van der Waals surface area contributed by atoms with E-state index in [1.54, 1.807) is 30.3 Å². The SMILES string of the molecule is CC(C)(c1cccc(-c2[c-]cc(F)nc2F)n1)c1cccc(P(=O)(O)c2ccncc2)n1.[Pt]. The molecule has 4 rings (SSSR count). The number of nitrogens with zero attached hydrogens (tertiary/aromatic N) is 4. The first-order chi connectivity index (χ1) is 15.2. The number of hydrogen-bond acceptors (Lipinski definition) is 5. The first-order valence-electron chi connectivity index (χ1n) is 9.63. The van der Waals surface area contributed by atoms with E-state index in [0.717, 1.165) is 6.07 Å². The molecule has 0 aliphatic carbocycles. The molecule has 10 heteroatoms. The van der Waals surface area contributed by atoms with Crippen molar-refractivity contribution in [3.8, 4) is 11.3 Å². The van der Waals surface area contributed by atoms with Gasteiger partial charge in [-0.05, 0) is 49.9 Å². The fourth-order valence-corrected chi connectivity index (χ4v) is 4.56. The van der Waals surface area contributed by atoms with Crippen LogP contribution in [0.4, 0.5) is 8.78 Å². The quantitative estimate of drug-likeness (QED) is 0.203. The summed E-state index contributed by atoms with van der Waals surface area (Å²) >= 11 is 0. The zero-order valence-electron chi connectivity index (χ0n) is 17.5. The minimum atomic E-state index is -3.92. The molecule has 33 heavy (non-hydrogen) atoms. The van der Waals surface area contributed by atoms with Gasteiger partial charge in [0.25, 0.3) is 7.37 Å². The molecule has 4 aromatic heterocycles. The van der Waals surface area contributed by atoms with Crippen LogP contribution in [0.3, 0.4) is 0 Å². The molecule has 0 saturated carbocycles. The second kappa shape index (κ2) is 9.68. The third-order valence-electron chi connectivity index (χ3n) is 5.09. The Kier molecular flexibility index (Phi) is 7.32. The van der Waals surface area contributed by atoms with Crippen LogP contribution in [0, 0.1) is 18.0 Å². The zero-order valence-corrected chi connectivity index (χ0v) is 20.7. The molecule has 0 fully saturated rings. The monoisotopic (exact) mass is 646 g/mol. The number of aromatic nitrogens is 4. The molecule has 1 unspecified atom stereocenters. The van der Waals surface area contributed by atoms with Gasteiger partial charge in [0.15, 0.2) is 0 Å². The van der Waals surface area contributed by atoms with Gasteiger partial charge in [0.2, 0.25) is 0 Å². The van der Waals surface area contributed by atoms with Gasteiger partial charge in [-0.3, -0.25) is 14.5 Å². The Labute approximate surface area is 203 Å². The first kappa shape index (κ1) is 25.0. The summed E-state index contributed by atoms with van der Waals surface area (Å²) in [6, 6.07) is 16.3. The van der Waals surface area contributed by atoms with E-state index in [4.69, 9.17) is 0 Å². The summed E-state index contributed by atoms with van der Waals surface area (Å²) in [5, 5.41) is 0.227. The van der Waals surface area contributed by atoms with Crippen LogP contribution in [-0.2, 0) is 31.0 Å². The summed E-state index contributed by atoms with van der Waals surface area (Å²) in [4.78, 5) is 26.8. The maximum Gasteiger partial charge on any atom is 0.276 e. The van der Waals surface area contributed by atoms with Gasteiger partial charge in [-0.25, -0.2) is 13.8 Å². The van der Waals surface area contributed by atoms with E-state index in [0.29, 0.717) is 11.4 Å². The average molecular weight is 646 g/mol. The minimum absolute atomic E-state index is 0. The minimum Gasteiger partial charge on any atom is -0.337 e. The molecular formula is C23H18F2N4O2PPt-. The maximum absolute atomic E-state index is 14.1. The van der Waals surface area contributed by atoms with Crippen molar-refractivity contribution in [2.75, 3.05) is 0 Å². The van der Waals surface area contributed by atoms with E-state index in [1.165, 1.54) is 30.6 Å². The Balaban J connectivity index is 0.00000306. The molecule has 0 spiro atoms. The van der Waals surface area contributed by atoms with Crippen molar-refractivity contribution in [2.24, 2.45) is 0 Å². The van der Waals surface area contributed by atoms with Gasteiger partial charge in [-0.2, -0.15) is 0 Å².